The number of rotatable bonds is 8. The molecule has 0 amide bonds. The summed E-state index contributed by atoms with van der Waals surface area (Å²) in [6, 6.07) is 6.85. The third-order valence-electron chi connectivity index (χ3n) is 7.41. The number of nitrogens with one attached hydrogen (secondary N) is 1. The average molecular weight is 531 g/mol. The quantitative estimate of drug-likeness (QED) is 0.214. The van der Waals surface area contributed by atoms with Crippen LogP contribution in [0.2, 0.25) is 0 Å². The van der Waals surface area contributed by atoms with Crippen molar-refractivity contribution in [3.63, 3.8) is 0 Å². The highest BCUT2D eigenvalue weighted by Crippen LogP contribution is 2.42. The highest BCUT2D eigenvalue weighted by atomic mass is 19.2. The predicted molar refractivity (Wildman–Crippen MR) is 136 cm³/mol. The van der Waals surface area contributed by atoms with Gasteiger partial charge in [0.1, 0.15) is 12.4 Å². The number of benzene rings is 2. The molecule has 5 nitrogen and oxygen atoms in total. The molecule has 2 heterocycles. The SMILES string of the molecule is COc1ccc2ncc(CF)c([C@H](O)CCC3([C@@H](O)CC#Cc4cc(F)c(F)c(F)c4)CCNCC3)c2c1. The summed E-state index contributed by atoms with van der Waals surface area (Å²) in [5.74, 6) is 1.71. The van der Waals surface area contributed by atoms with Gasteiger partial charge in [-0.25, -0.2) is 17.6 Å². The van der Waals surface area contributed by atoms with Crippen molar-refractivity contribution < 1.29 is 32.5 Å². The zero-order valence-corrected chi connectivity index (χ0v) is 21.0. The van der Waals surface area contributed by atoms with Gasteiger partial charge in [0, 0.05) is 29.1 Å². The fourth-order valence-electron chi connectivity index (χ4n) is 5.20. The largest absolute Gasteiger partial charge is 0.497 e. The maximum atomic E-state index is 13.9. The molecule has 38 heavy (non-hydrogen) atoms. The van der Waals surface area contributed by atoms with Crippen LogP contribution in [-0.4, -0.2) is 41.5 Å². The monoisotopic (exact) mass is 530 g/mol. The van der Waals surface area contributed by atoms with Gasteiger partial charge in [0.2, 0.25) is 0 Å². The zero-order chi connectivity index (χ0) is 27.3. The third kappa shape index (κ3) is 5.93. The number of methoxy groups -OCH3 is 1. The standard InChI is InChI=1S/C29H30F4N2O3/c1-38-20-5-6-24-21(15-20)27(19(16-30)17-35-24)25(36)7-8-29(9-11-34-12-10-29)26(37)4-2-3-18-13-22(31)28(33)23(32)14-18/h5-6,13-15,17,25-26,34,36-37H,4,7-12,16H2,1H3/t25-,26+/m1/s1. The van der Waals surface area contributed by atoms with Crippen LogP contribution in [0.15, 0.2) is 36.5 Å². The number of aromatic nitrogens is 1. The van der Waals surface area contributed by atoms with Crippen molar-refractivity contribution in [1.82, 2.24) is 10.3 Å². The molecule has 2 aromatic carbocycles. The lowest BCUT2D eigenvalue weighted by Crippen LogP contribution is -2.44. The van der Waals surface area contributed by atoms with Crippen LogP contribution in [0.4, 0.5) is 17.6 Å². The summed E-state index contributed by atoms with van der Waals surface area (Å²) >= 11 is 0. The molecule has 1 saturated heterocycles. The number of piperidine rings is 1. The molecule has 1 aliphatic heterocycles. The van der Waals surface area contributed by atoms with Gasteiger partial charge >= 0.3 is 0 Å². The van der Waals surface area contributed by atoms with Crippen LogP contribution < -0.4 is 10.1 Å². The highest BCUT2D eigenvalue weighted by Gasteiger charge is 2.39. The van der Waals surface area contributed by atoms with Crippen molar-refractivity contribution in [3.05, 3.63) is 70.7 Å². The van der Waals surface area contributed by atoms with E-state index in [1.807, 2.05) is 0 Å². The minimum atomic E-state index is -1.56. The molecule has 0 unspecified atom stereocenters. The maximum Gasteiger partial charge on any atom is 0.194 e. The Bertz CT molecular complexity index is 1320. The van der Waals surface area contributed by atoms with Gasteiger partial charge < -0.3 is 20.3 Å². The molecule has 2 atom stereocenters. The Labute approximate surface area is 218 Å². The summed E-state index contributed by atoms with van der Waals surface area (Å²) in [6.07, 6.45) is 1.54. The molecular weight excluding hydrogens is 500 g/mol. The van der Waals surface area contributed by atoms with Crippen LogP contribution >= 0.6 is 0 Å². The highest BCUT2D eigenvalue weighted by molar-refractivity contribution is 5.85. The number of nitrogens with zero attached hydrogens (tertiary/aromatic N) is 1. The van der Waals surface area contributed by atoms with Crippen molar-refractivity contribution in [1.29, 1.82) is 0 Å². The Hall–Kier alpha value is -3.19. The smallest absolute Gasteiger partial charge is 0.194 e. The molecule has 0 aliphatic carbocycles. The van der Waals surface area contributed by atoms with Crippen molar-refractivity contribution >= 4 is 10.9 Å². The molecule has 202 valence electrons. The summed E-state index contributed by atoms with van der Waals surface area (Å²) in [5.41, 5.74) is 0.758. The molecule has 3 aromatic rings. The van der Waals surface area contributed by atoms with E-state index in [1.54, 1.807) is 18.2 Å². The number of aliphatic hydroxyl groups excluding tert-OH is 2. The van der Waals surface area contributed by atoms with Crippen LogP contribution in [0.25, 0.3) is 10.9 Å². The van der Waals surface area contributed by atoms with Gasteiger partial charge in [-0.1, -0.05) is 11.8 Å². The van der Waals surface area contributed by atoms with Gasteiger partial charge in [0.15, 0.2) is 17.5 Å². The van der Waals surface area contributed by atoms with E-state index >= 15 is 0 Å². The first-order valence-electron chi connectivity index (χ1n) is 12.5. The number of aliphatic hydroxyl groups is 2. The Morgan fingerprint density at radius 1 is 1.11 bits per heavy atom. The van der Waals surface area contributed by atoms with Crippen LogP contribution in [0.5, 0.6) is 5.75 Å². The van der Waals surface area contributed by atoms with Crippen LogP contribution in [0, 0.1) is 34.7 Å². The van der Waals surface area contributed by atoms with E-state index in [0.717, 1.165) is 12.1 Å². The first kappa shape index (κ1) is 27.8. The second kappa shape index (κ2) is 12.1. The molecule has 0 saturated carbocycles. The number of fused-ring (bicyclic) bond motifs is 1. The van der Waals surface area contributed by atoms with Crippen molar-refractivity contribution in [2.75, 3.05) is 20.2 Å². The van der Waals surface area contributed by atoms with Crippen LogP contribution in [0.1, 0.15) is 54.9 Å². The molecule has 1 fully saturated rings. The lowest BCUT2D eigenvalue weighted by molar-refractivity contribution is -0.0121. The lowest BCUT2D eigenvalue weighted by atomic mass is 9.69. The Morgan fingerprint density at radius 3 is 2.47 bits per heavy atom. The molecule has 0 bridgehead atoms. The molecule has 1 aliphatic rings. The molecular formula is C29H30F4N2O3. The van der Waals surface area contributed by atoms with Crippen LogP contribution in [0.3, 0.4) is 0 Å². The van der Waals surface area contributed by atoms with E-state index in [9.17, 15) is 27.8 Å². The zero-order valence-electron chi connectivity index (χ0n) is 21.0. The molecule has 3 N–H and O–H groups in total. The Morgan fingerprint density at radius 2 is 1.82 bits per heavy atom. The summed E-state index contributed by atoms with van der Waals surface area (Å²) < 4.78 is 59.4. The van der Waals surface area contributed by atoms with Gasteiger partial charge in [-0.05, 0) is 80.1 Å². The molecule has 4 rings (SSSR count). The average Bonchev–Trinajstić information content (AvgIpc) is 2.93. The second-order valence-electron chi connectivity index (χ2n) is 9.66. The second-order valence-corrected chi connectivity index (χ2v) is 9.66. The van der Waals surface area contributed by atoms with E-state index in [4.69, 9.17) is 4.74 Å². The van der Waals surface area contributed by atoms with Gasteiger partial charge in [0.05, 0.1) is 24.8 Å². The van der Waals surface area contributed by atoms with Gasteiger partial charge in [-0.3, -0.25) is 4.98 Å². The van der Waals surface area contributed by atoms with E-state index in [-0.39, 0.29) is 18.4 Å². The Balaban J connectivity index is 1.54. The number of ether oxygens (including phenoxy) is 1. The topological polar surface area (TPSA) is 74.6 Å². The summed E-state index contributed by atoms with van der Waals surface area (Å²) in [4.78, 5) is 4.30. The van der Waals surface area contributed by atoms with Gasteiger partial charge in [-0.15, -0.1) is 0 Å². The normalized spacial score (nSPS) is 16.5. The van der Waals surface area contributed by atoms with Crippen LogP contribution in [-0.2, 0) is 6.67 Å². The first-order valence-corrected chi connectivity index (χ1v) is 12.5. The maximum absolute atomic E-state index is 13.9. The van der Waals surface area contributed by atoms with Crippen molar-refractivity contribution in [3.8, 4) is 17.6 Å². The lowest BCUT2D eigenvalue weighted by Gasteiger charge is -2.41. The third-order valence-corrected chi connectivity index (χ3v) is 7.41. The number of pyridine rings is 1. The first-order chi connectivity index (χ1) is 18.3. The number of hydrogen-bond donors (Lipinski definition) is 3. The number of halogens is 4. The summed E-state index contributed by atoms with van der Waals surface area (Å²) in [7, 11) is 1.53. The summed E-state index contributed by atoms with van der Waals surface area (Å²) in [6.45, 7) is 0.546. The fraction of sp³-hybridized carbons (Fsp3) is 0.414. The molecule has 0 radical (unpaired) electrons. The Kier molecular flexibility index (Phi) is 8.87. The molecule has 9 heteroatoms. The number of hydrogen-bond acceptors (Lipinski definition) is 5. The predicted octanol–water partition coefficient (Wildman–Crippen LogP) is 5.12. The van der Waals surface area contributed by atoms with Gasteiger partial charge in [0.25, 0.3) is 0 Å². The fourth-order valence-corrected chi connectivity index (χ4v) is 5.20. The van der Waals surface area contributed by atoms with E-state index in [2.05, 4.69) is 22.1 Å². The van der Waals surface area contributed by atoms with Crippen molar-refractivity contribution in [2.24, 2.45) is 5.41 Å². The van der Waals surface area contributed by atoms with Crippen molar-refractivity contribution in [2.45, 2.75) is 51.0 Å². The van der Waals surface area contributed by atoms with E-state index in [1.165, 1.54) is 13.3 Å². The van der Waals surface area contributed by atoms with E-state index < -0.39 is 41.7 Å². The minimum Gasteiger partial charge on any atom is -0.497 e. The van der Waals surface area contributed by atoms with Gasteiger partial charge in [-0.2, -0.15) is 0 Å². The van der Waals surface area contributed by atoms with E-state index in [0.29, 0.717) is 60.1 Å². The molecule has 1 aromatic heterocycles. The summed E-state index contributed by atoms with van der Waals surface area (Å²) in [5, 5.41) is 26.3. The molecule has 0 spiro atoms. The number of alkyl halides is 1. The minimum absolute atomic E-state index is 0.0258.